The first kappa shape index (κ1) is 20.2. The van der Waals surface area contributed by atoms with Crippen LogP contribution in [0.5, 0.6) is 0 Å². The Morgan fingerprint density at radius 3 is 2.29 bits per heavy atom. The number of nitrogens with one attached hydrogen (secondary N) is 1. The number of hydrogen-bond donors (Lipinski definition) is 1. The number of rotatable bonds is 5. The van der Waals surface area contributed by atoms with Crippen molar-refractivity contribution in [1.29, 1.82) is 0 Å². The average molecular weight is 360 g/mol. The Morgan fingerprint density at radius 2 is 1.79 bits per heavy atom. The first-order valence-corrected chi connectivity index (χ1v) is 7.99. The number of hydrogen-bond acceptors (Lipinski definition) is 4. The van der Waals surface area contributed by atoms with Crippen molar-refractivity contribution < 1.29 is 23.5 Å². The number of esters is 1. The van der Waals surface area contributed by atoms with Crippen LogP contribution in [0.1, 0.15) is 46.2 Å². The number of carbonyl (C=O) groups excluding carboxylic acids is 2. The van der Waals surface area contributed by atoms with Crippen molar-refractivity contribution in [3.63, 3.8) is 0 Å². The molecule has 134 valence electrons. The van der Waals surface area contributed by atoms with Crippen molar-refractivity contribution in [2.45, 2.75) is 46.3 Å². The van der Waals surface area contributed by atoms with Gasteiger partial charge in [-0.1, -0.05) is 29.8 Å². The highest BCUT2D eigenvalue weighted by Gasteiger charge is 2.42. The Labute approximate surface area is 146 Å². The standard InChI is InChI=1S/C17H23ClFNO4/c1-16(2,3)24-15(22)20-13(11-8-6-7-9-12(11)19)17(4,5)14(21)23-10-18/h6-9,13H,10H2,1-5H3,(H,20,22). The average Bonchev–Trinajstić information content (AvgIpc) is 2.44. The van der Waals surface area contributed by atoms with Crippen LogP contribution in [0.2, 0.25) is 0 Å². The van der Waals surface area contributed by atoms with Crippen LogP contribution in [-0.4, -0.2) is 23.7 Å². The van der Waals surface area contributed by atoms with E-state index >= 15 is 0 Å². The number of benzene rings is 1. The van der Waals surface area contributed by atoms with Gasteiger partial charge in [-0.25, -0.2) is 9.18 Å². The molecule has 1 N–H and O–H groups in total. The van der Waals surface area contributed by atoms with E-state index in [1.165, 1.54) is 32.0 Å². The fourth-order valence-corrected chi connectivity index (χ4v) is 2.23. The van der Waals surface area contributed by atoms with Crippen molar-refractivity contribution in [1.82, 2.24) is 5.32 Å². The maximum absolute atomic E-state index is 14.2. The maximum atomic E-state index is 14.2. The summed E-state index contributed by atoms with van der Waals surface area (Å²) in [7, 11) is 0. The molecular weight excluding hydrogens is 337 g/mol. The predicted molar refractivity (Wildman–Crippen MR) is 89.1 cm³/mol. The largest absolute Gasteiger partial charge is 0.449 e. The third-order valence-corrected chi connectivity index (χ3v) is 3.42. The summed E-state index contributed by atoms with van der Waals surface area (Å²) in [6, 6.07) is 4.55. The molecule has 0 fully saturated rings. The number of carbonyl (C=O) groups is 2. The number of ether oxygens (including phenoxy) is 2. The van der Waals surface area contributed by atoms with Crippen molar-refractivity contribution in [3.05, 3.63) is 35.6 Å². The molecule has 1 aromatic carbocycles. The van der Waals surface area contributed by atoms with Crippen LogP contribution in [0.3, 0.4) is 0 Å². The summed E-state index contributed by atoms with van der Waals surface area (Å²) in [5.41, 5.74) is -1.85. The van der Waals surface area contributed by atoms with Gasteiger partial charge in [-0.3, -0.25) is 4.79 Å². The maximum Gasteiger partial charge on any atom is 0.408 e. The molecule has 5 nitrogen and oxygen atoms in total. The Hall–Kier alpha value is -1.82. The molecule has 7 heteroatoms. The van der Waals surface area contributed by atoms with E-state index in [-0.39, 0.29) is 11.6 Å². The van der Waals surface area contributed by atoms with Gasteiger partial charge in [0.2, 0.25) is 0 Å². The molecule has 1 aromatic rings. The minimum Gasteiger partial charge on any atom is -0.449 e. The van der Waals surface area contributed by atoms with Crippen LogP contribution in [0.15, 0.2) is 24.3 Å². The molecule has 0 aliphatic heterocycles. The molecule has 1 unspecified atom stereocenters. The van der Waals surface area contributed by atoms with Gasteiger partial charge in [0.1, 0.15) is 11.4 Å². The molecule has 1 amide bonds. The molecule has 0 saturated heterocycles. The van der Waals surface area contributed by atoms with E-state index in [4.69, 9.17) is 21.1 Å². The number of alkyl carbamates (subject to hydrolysis) is 1. The Balaban J connectivity index is 3.20. The molecule has 0 aliphatic carbocycles. The van der Waals surface area contributed by atoms with Gasteiger partial charge in [-0.2, -0.15) is 0 Å². The van der Waals surface area contributed by atoms with Gasteiger partial charge in [0.15, 0.2) is 6.07 Å². The van der Waals surface area contributed by atoms with Crippen LogP contribution in [0.25, 0.3) is 0 Å². The molecule has 0 bridgehead atoms. The van der Waals surface area contributed by atoms with Gasteiger partial charge < -0.3 is 14.8 Å². The monoisotopic (exact) mass is 359 g/mol. The first-order chi connectivity index (χ1) is 11.0. The van der Waals surface area contributed by atoms with Gasteiger partial charge in [-0.05, 0) is 40.7 Å². The zero-order valence-electron chi connectivity index (χ0n) is 14.5. The molecule has 1 rings (SSSR count). The lowest BCUT2D eigenvalue weighted by Gasteiger charge is -2.33. The fourth-order valence-electron chi connectivity index (χ4n) is 2.13. The van der Waals surface area contributed by atoms with Crippen LogP contribution in [-0.2, 0) is 14.3 Å². The molecule has 0 radical (unpaired) electrons. The van der Waals surface area contributed by atoms with Crippen molar-refractivity contribution >= 4 is 23.7 Å². The first-order valence-electron chi connectivity index (χ1n) is 7.46. The summed E-state index contributed by atoms with van der Waals surface area (Å²) in [5, 5.41) is 2.57. The van der Waals surface area contributed by atoms with Gasteiger partial charge in [-0.15, -0.1) is 0 Å². The highest BCUT2D eigenvalue weighted by Crippen LogP contribution is 2.36. The molecule has 0 aliphatic rings. The van der Waals surface area contributed by atoms with Crippen LogP contribution in [0.4, 0.5) is 9.18 Å². The van der Waals surface area contributed by atoms with Gasteiger partial charge in [0.05, 0.1) is 11.5 Å². The van der Waals surface area contributed by atoms with Gasteiger partial charge in [0, 0.05) is 5.56 Å². The van der Waals surface area contributed by atoms with Crippen molar-refractivity contribution in [3.8, 4) is 0 Å². The second kappa shape index (κ2) is 7.83. The number of amides is 1. The Bertz CT molecular complexity index is 598. The van der Waals surface area contributed by atoms with Crippen LogP contribution < -0.4 is 5.32 Å². The Kier molecular flexibility index (Phi) is 6.60. The highest BCUT2D eigenvalue weighted by atomic mass is 35.5. The van der Waals surface area contributed by atoms with Crippen LogP contribution >= 0.6 is 11.6 Å². The lowest BCUT2D eigenvalue weighted by Crippen LogP contribution is -2.45. The Morgan fingerprint density at radius 1 is 1.21 bits per heavy atom. The SMILES string of the molecule is CC(C)(C)OC(=O)NC(c1ccccc1F)C(C)(C)C(=O)OCCl. The van der Waals surface area contributed by atoms with Crippen molar-refractivity contribution in [2.75, 3.05) is 6.07 Å². The van der Waals surface area contributed by atoms with E-state index in [1.807, 2.05) is 0 Å². The molecular formula is C17H23ClFNO4. The minimum atomic E-state index is -1.27. The second-order valence-corrected chi connectivity index (χ2v) is 7.08. The predicted octanol–water partition coefficient (Wildman–Crippen LogP) is 4.16. The lowest BCUT2D eigenvalue weighted by molar-refractivity contribution is -0.153. The minimum absolute atomic E-state index is 0.153. The molecule has 0 heterocycles. The molecule has 0 saturated carbocycles. The van der Waals surface area contributed by atoms with E-state index < -0.39 is 34.9 Å². The van der Waals surface area contributed by atoms with Crippen LogP contribution in [0, 0.1) is 11.2 Å². The fraction of sp³-hybridized carbons (Fsp3) is 0.529. The second-order valence-electron chi connectivity index (χ2n) is 6.86. The summed E-state index contributed by atoms with van der Waals surface area (Å²) in [6.07, 6.45) is -0.762. The van der Waals surface area contributed by atoms with E-state index in [2.05, 4.69) is 5.32 Å². The summed E-state index contributed by atoms with van der Waals surface area (Å²) in [4.78, 5) is 24.4. The summed E-state index contributed by atoms with van der Waals surface area (Å²) in [6.45, 7) is 8.19. The third kappa shape index (κ3) is 5.37. The third-order valence-electron chi connectivity index (χ3n) is 3.31. The van der Waals surface area contributed by atoms with E-state index in [0.717, 1.165) is 0 Å². The topological polar surface area (TPSA) is 64.6 Å². The van der Waals surface area contributed by atoms with Crippen molar-refractivity contribution in [2.24, 2.45) is 5.41 Å². The highest BCUT2D eigenvalue weighted by molar-refractivity contribution is 6.17. The van der Waals surface area contributed by atoms with Gasteiger partial charge >= 0.3 is 12.1 Å². The van der Waals surface area contributed by atoms with Gasteiger partial charge in [0.25, 0.3) is 0 Å². The smallest absolute Gasteiger partial charge is 0.408 e. The summed E-state index contributed by atoms with van der Waals surface area (Å²) < 4.78 is 24.3. The summed E-state index contributed by atoms with van der Waals surface area (Å²) in [5.74, 6) is -1.22. The quantitative estimate of drug-likeness (QED) is 0.633. The van der Waals surface area contributed by atoms with E-state index in [9.17, 15) is 14.0 Å². The van der Waals surface area contributed by atoms with E-state index in [1.54, 1.807) is 26.8 Å². The molecule has 0 spiro atoms. The lowest BCUT2D eigenvalue weighted by atomic mass is 9.80. The normalized spacial score (nSPS) is 13.1. The molecule has 24 heavy (non-hydrogen) atoms. The number of alkyl halides is 1. The zero-order chi connectivity index (χ0) is 18.5. The zero-order valence-corrected chi connectivity index (χ0v) is 15.2. The summed E-state index contributed by atoms with van der Waals surface area (Å²) >= 11 is 5.45. The number of halogens is 2. The molecule has 0 aromatic heterocycles. The molecule has 1 atom stereocenters. The van der Waals surface area contributed by atoms with E-state index in [0.29, 0.717) is 0 Å².